The molecule has 0 bridgehead atoms. The summed E-state index contributed by atoms with van der Waals surface area (Å²) in [5, 5.41) is 0. The Balaban J connectivity index is 1.76. The van der Waals surface area contributed by atoms with Gasteiger partial charge in [-0.25, -0.2) is 4.98 Å². The molecule has 0 aromatic carbocycles. The molecule has 1 atom stereocenters. The number of rotatable bonds is 4. The number of fused-ring (bicyclic) bond motifs is 1. The number of carbonyl (C=O) groups is 1. The van der Waals surface area contributed by atoms with Gasteiger partial charge in [-0.1, -0.05) is 13.0 Å². The molecule has 0 saturated heterocycles. The van der Waals surface area contributed by atoms with Gasteiger partial charge in [0.05, 0.1) is 32.6 Å². The van der Waals surface area contributed by atoms with Crippen LogP contribution in [-0.4, -0.2) is 37.4 Å². The second-order valence-corrected chi connectivity index (χ2v) is 8.55. The molecule has 3 aromatic heterocycles. The molecular weight excluding hydrogens is 429 g/mol. The molecule has 1 aliphatic heterocycles. The Bertz CT molecular complexity index is 1170. The van der Waals surface area contributed by atoms with Crippen LogP contribution in [0.3, 0.4) is 0 Å². The van der Waals surface area contributed by atoms with E-state index in [4.69, 9.17) is 0 Å². The molecule has 0 aliphatic carbocycles. The maximum Gasteiger partial charge on any atom is 0.417 e. The Hall–Kier alpha value is -3.14. The smallest absolute Gasteiger partial charge is 0.305 e. The molecule has 3 aromatic rings. The van der Waals surface area contributed by atoms with Gasteiger partial charge in [0.1, 0.15) is 5.69 Å². The first-order chi connectivity index (χ1) is 14.8. The van der Waals surface area contributed by atoms with Crippen LogP contribution < -0.4 is 4.90 Å². The predicted molar refractivity (Wildman–Crippen MR) is 109 cm³/mol. The van der Waals surface area contributed by atoms with Crippen molar-refractivity contribution in [1.82, 2.24) is 15.0 Å². The van der Waals surface area contributed by atoms with Gasteiger partial charge in [-0.3, -0.25) is 19.0 Å². The normalized spacial score (nSPS) is 14.4. The lowest BCUT2D eigenvalue weighted by atomic mass is 10.1. The molecule has 160 valence electrons. The van der Waals surface area contributed by atoms with Crippen LogP contribution in [0.2, 0.25) is 0 Å². The SMILES string of the molecule is CCS(=O)c1cc(-c2cccnc2)cnc1C(=O)N1CCc2ncc(C(F)(F)F)cc21. The molecule has 6 nitrogen and oxygen atoms in total. The summed E-state index contributed by atoms with van der Waals surface area (Å²) in [7, 11) is -1.51. The minimum Gasteiger partial charge on any atom is -0.305 e. The fourth-order valence-corrected chi connectivity index (χ4v) is 4.29. The highest BCUT2D eigenvalue weighted by atomic mass is 32.2. The Labute approximate surface area is 178 Å². The number of amides is 1. The highest BCUT2D eigenvalue weighted by Gasteiger charge is 2.35. The van der Waals surface area contributed by atoms with Crippen LogP contribution in [0.5, 0.6) is 0 Å². The standard InChI is InChI=1S/C21H17F3N4O2S/c1-2-31(30)18-8-14(13-4-3-6-25-10-13)11-27-19(18)20(29)28-7-5-16-17(28)9-15(12-26-16)21(22,23)24/h3-4,6,8-12H,2,5,7H2,1H3. The highest BCUT2D eigenvalue weighted by molar-refractivity contribution is 7.85. The van der Waals surface area contributed by atoms with Crippen LogP contribution in [0.15, 0.2) is 53.9 Å². The molecule has 0 N–H and O–H groups in total. The summed E-state index contributed by atoms with van der Waals surface area (Å²) in [6.45, 7) is 1.89. The summed E-state index contributed by atoms with van der Waals surface area (Å²) in [5.74, 6) is -0.344. The zero-order valence-corrected chi connectivity index (χ0v) is 17.2. The molecule has 31 heavy (non-hydrogen) atoms. The van der Waals surface area contributed by atoms with E-state index in [1.807, 2.05) is 6.07 Å². The Kier molecular flexibility index (Phi) is 5.57. The topological polar surface area (TPSA) is 76.1 Å². The lowest BCUT2D eigenvalue weighted by Gasteiger charge is -2.19. The Morgan fingerprint density at radius 2 is 1.97 bits per heavy atom. The van der Waals surface area contributed by atoms with Crippen molar-refractivity contribution >= 4 is 22.4 Å². The minimum atomic E-state index is -4.57. The second-order valence-electron chi connectivity index (χ2n) is 6.84. The zero-order chi connectivity index (χ0) is 22.2. The van der Waals surface area contributed by atoms with Gasteiger partial charge in [0.15, 0.2) is 0 Å². The van der Waals surface area contributed by atoms with E-state index in [0.717, 1.165) is 17.8 Å². The molecule has 4 rings (SSSR count). The van der Waals surface area contributed by atoms with Crippen molar-refractivity contribution in [2.24, 2.45) is 0 Å². The van der Waals surface area contributed by atoms with Gasteiger partial charge in [-0.05, 0) is 18.2 Å². The van der Waals surface area contributed by atoms with Crippen molar-refractivity contribution in [3.63, 3.8) is 0 Å². The highest BCUT2D eigenvalue weighted by Crippen LogP contribution is 2.36. The first-order valence-corrected chi connectivity index (χ1v) is 10.8. The number of hydrogen-bond acceptors (Lipinski definition) is 5. The average Bonchev–Trinajstić information content (AvgIpc) is 3.21. The molecule has 4 heterocycles. The second kappa shape index (κ2) is 8.18. The van der Waals surface area contributed by atoms with E-state index in [0.29, 0.717) is 17.7 Å². The molecule has 1 aliphatic rings. The summed E-state index contributed by atoms with van der Waals surface area (Å²) in [6, 6.07) is 6.11. The summed E-state index contributed by atoms with van der Waals surface area (Å²) in [5.41, 5.74) is 0.928. The molecule has 0 saturated carbocycles. The van der Waals surface area contributed by atoms with Gasteiger partial charge >= 0.3 is 6.18 Å². The monoisotopic (exact) mass is 446 g/mol. The predicted octanol–water partition coefficient (Wildman–Crippen LogP) is 3.89. The van der Waals surface area contributed by atoms with Crippen LogP contribution in [0.25, 0.3) is 11.1 Å². The number of pyridine rings is 3. The van der Waals surface area contributed by atoms with E-state index in [1.54, 1.807) is 31.5 Å². The zero-order valence-electron chi connectivity index (χ0n) is 16.4. The summed E-state index contributed by atoms with van der Waals surface area (Å²) < 4.78 is 52.1. The molecule has 1 unspecified atom stereocenters. The van der Waals surface area contributed by atoms with E-state index in [2.05, 4.69) is 15.0 Å². The third-order valence-electron chi connectivity index (χ3n) is 4.94. The Morgan fingerprint density at radius 1 is 1.16 bits per heavy atom. The summed E-state index contributed by atoms with van der Waals surface area (Å²) in [4.78, 5) is 26.9. The quantitative estimate of drug-likeness (QED) is 0.608. The molecule has 1 amide bonds. The van der Waals surface area contributed by atoms with Crippen molar-refractivity contribution in [2.75, 3.05) is 17.2 Å². The van der Waals surface area contributed by atoms with Gasteiger partial charge < -0.3 is 4.90 Å². The lowest BCUT2D eigenvalue weighted by Crippen LogP contribution is -2.31. The van der Waals surface area contributed by atoms with Crippen molar-refractivity contribution in [3.05, 3.63) is 66.0 Å². The number of aromatic nitrogens is 3. The number of carbonyl (C=O) groups excluding carboxylic acids is 1. The molecular formula is C21H17F3N4O2S. The number of nitrogens with zero attached hydrogens (tertiary/aromatic N) is 4. The van der Waals surface area contributed by atoms with E-state index in [9.17, 15) is 22.2 Å². The van der Waals surface area contributed by atoms with Gasteiger partial charge in [-0.2, -0.15) is 13.2 Å². The maximum absolute atomic E-state index is 13.3. The minimum absolute atomic E-state index is 0.0434. The summed E-state index contributed by atoms with van der Waals surface area (Å²) >= 11 is 0. The van der Waals surface area contributed by atoms with Crippen molar-refractivity contribution in [1.29, 1.82) is 0 Å². The average molecular weight is 446 g/mol. The van der Waals surface area contributed by atoms with Gasteiger partial charge in [0, 0.05) is 54.6 Å². The van der Waals surface area contributed by atoms with E-state index >= 15 is 0 Å². The van der Waals surface area contributed by atoms with Crippen LogP contribution in [0, 0.1) is 0 Å². The fourth-order valence-electron chi connectivity index (χ4n) is 3.37. The van der Waals surface area contributed by atoms with Crippen LogP contribution in [0.1, 0.15) is 28.7 Å². The maximum atomic E-state index is 13.3. The van der Waals surface area contributed by atoms with Crippen molar-refractivity contribution < 1.29 is 22.2 Å². The number of alkyl halides is 3. The van der Waals surface area contributed by atoms with Crippen molar-refractivity contribution in [2.45, 2.75) is 24.4 Å². The molecule has 0 spiro atoms. The first-order valence-electron chi connectivity index (χ1n) is 9.46. The first kappa shape index (κ1) is 21.1. The van der Waals surface area contributed by atoms with E-state index in [1.165, 1.54) is 11.1 Å². The fraction of sp³-hybridized carbons (Fsp3) is 0.238. The number of hydrogen-bond donors (Lipinski definition) is 0. The largest absolute Gasteiger partial charge is 0.417 e. The lowest BCUT2D eigenvalue weighted by molar-refractivity contribution is -0.137. The van der Waals surface area contributed by atoms with E-state index in [-0.39, 0.29) is 28.6 Å². The van der Waals surface area contributed by atoms with Crippen LogP contribution in [-0.2, 0) is 23.4 Å². The number of halogens is 3. The third-order valence-corrected chi connectivity index (χ3v) is 6.27. The third kappa shape index (κ3) is 4.07. The van der Waals surface area contributed by atoms with Gasteiger partial charge in [0.2, 0.25) is 0 Å². The van der Waals surface area contributed by atoms with E-state index < -0.39 is 28.4 Å². The molecule has 10 heteroatoms. The molecule has 0 radical (unpaired) electrons. The number of anilines is 1. The van der Waals surface area contributed by atoms with Gasteiger partial charge in [0.25, 0.3) is 5.91 Å². The van der Waals surface area contributed by atoms with Crippen molar-refractivity contribution in [3.8, 4) is 11.1 Å². The molecule has 0 fully saturated rings. The Morgan fingerprint density at radius 3 is 2.65 bits per heavy atom. The van der Waals surface area contributed by atoms with Crippen LogP contribution in [0.4, 0.5) is 18.9 Å². The summed E-state index contributed by atoms with van der Waals surface area (Å²) in [6.07, 6.45) is 1.25. The van der Waals surface area contributed by atoms with Crippen LogP contribution >= 0.6 is 0 Å². The van der Waals surface area contributed by atoms with Gasteiger partial charge in [-0.15, -0.1) is 0 Å².